The van der Waals surface area contributed by atoms with Gasteiger partial charge < -0.3 is 9.64 Å². The molecular formula is C22H27NO3. The predicted octanol–water partition coefficient (Wildman–Crippen LogP) is 4.13. The third-order valence-corrected chi connectivity index (χ3v) is 4.15. The van der Waals surface area contributed by atoms with Crippen molar-refractivity contribution in [3.8, 4) is 0 Å². The summed E-state index contributed by atoms with van der Waals surface area (Å²) in [5.41, 5.74) is 6.02. The monoisotopic (exact) mass is 353 g/mol. The maximum absolute atomic E-state index is 12.2. The van der Waals surface area contributed by atoms with Crippen molar-refractivity contribution in [1.82, 2.24) is 4.90 Å². The zero-order chi connectivity index (χ0) is 19.3. The van der Waals surface area contributed by atoms with Crippen molar-refractivity contribution >= 4 is 11.9 Å². The van der Waals surface area contributed by atoms with E-state index in [4.69, 9.17) is 4.74 Å². The van der Waals surface area contributed by atoms with Gasteiger partial charge in [-0.3, -0.25) is 4.79 Å². The zero-order valence-electron chi connectivity index (χ0n) is 16.3. The number of hydrogen-bond donors (Lipinski definition) is 0. The summed E-state index contributed by atoms with van der Waals surface area (Å²) in [4.78, 5) is 25.9. The Balaban J connectivity index is 1.96. The number of nitrogens with zero attached hydrogens (tertiary/aromatic N) is 1. The highest BCUT2D eigenvalue weighted by molar-refractivity contribution is 5.89. The van der Waals surface area contributed by atoms with Crippen molar-refractivity contribution in [2.45, 2.75) is 41.2 Å². The van der Waals surface area contributed by atoms with E-state index in [1.165, 1.54) is 18.1 Å². The van der Waals surface area contributed by atoms with Crippen LogP contribution in [0.25, 0.3) is 0 Å². The topological polar surface area (TPSA) is 46.6 Å². The van der Waals surface area contributed by atoms with E-state index in [2.05, 4.69) is 18.2 Å². The molecule has 1 amide bonds. The maximum atomic E-state index is 12.2. The van der Waals surface area contributed by atoms with Crippen LogP contribution in [-0.4, -0.2) is 29.9 Å². The minimum absolute atomic E-state index is 0.0355. The van der Waals surface area contributed by atoms with Gasteiger partial charge in [0, 0.05) is 13.5 Å². The molecule has 0 bridgehead atoms. The molecule has 0 saturated heterocycles. The summed E-state index contributed by atoms with van der Waals surface area (Å²) in [6, 6.07) is 11.9. The van der Waals surface area contributed by atoms with Crippen LogP contribution in [0.1, 0.15) is 45.1 Å². The van der Waals surface area contributed by atoms with E-state index >= 15 is 0 Å². The Labute approximate surface area is 155 Å². The van der Waals surface area contributed by atoms with Crippen molar-refractivity contribution in [2.24, 2.45) is 0 Å². The first kappa shape index (κ1) is 19.7. The fourth-order valence-electron chi connectivity index (χ4n) is 3.15. The number of carbonyl (C=O) groups excluding carboxylic acids is 2. The van der Waals surface area contributed by atoms with Gasteiger partial charge in [0.15, 0.2) is 0 Å². The molecule has 2 aromatic carbocycles. The van der Waals surface area contributed by atoms with Gasteiger partial charge in [-0.25, -0.2) is 4.79 Å². The first-order valence-electron chi connectivity index (χ1n) is 8.82. The molecule has 138 valence electrons. The van der Waals surface area contributed by atoms with Crippen LogP contribution in [0.3, 0.4) is 0 Å². The quantitative estimate of drug-likeness (QED) is 0.734. The molecule has 0 fully saturated rings. The number of amides is 1. The molecule has 2 rings (SSSR count). The summed E-state index contributed by atoms with van der Waals surface area (Å²) in [6.07, 6.45) is 0. The van der Waals surface area contributed by atoms with Gasteiger partial charge in [-0.15, -0.1) is 0 Å². The van der Waals surface area contributed by atoms with Crippen LogP contribution in [-0.2, 0) is 16.1 Å². The van der Waals surface area contributed by atoms with Gasteiger partial charge in [-0.1, -0.05) is 46.5 Å². The fourth-order valence-corrected chi connectivity index (χ4v) is 3.15. The molecule has 0 aliphatic heterocycles. The van der Waals surface area contributed by atoms with Gasteiger partial charge in [0.25, 0.3) is 0 Å². The molecule has 0 spiro atoms. The average Bonchev–Trinajstić information content (AvgIpc) is 2.51. The van der Waals surface area contributed by atoms with Gasteiger partial charge in [-0.2, -0.15) is 0 Å². The van der Waals surface area contributed by atoms with Crippen molar-refractivity contribution in [3.05, 3.63) is 69.8 Å². The number of hydrogen-bond acceptors (Lipinski definition) is 3. The third-order valence-electron chi connectivity index (χ3n) is 4.15. The van der Waals surface area contributed by atoms with Crippen LogP contribution in [0.4, 0.5) is 0 Å². The summed E-state index contributed by atoms with van der Waals surface area (Å²) < 4.78 is 5.37. The second kappa shape index (κ2) is 8.65. The number of esters is 1. The minimum Gasteiger partial charge on any atom is -0.460 e. The van der Waals surface area contributed by atoms with Crippen molar-refractivity contribution in [3.63, 3.8) is 0 Å². The SMILES string of the molecule is CC(=O)N(CCOC(=O)c1cc(C)cc(C)c1)Cc1cc(C)cc(C)c1. The number of benzene rings is 2. The summed E-state index contributed by atoms with van der Waals surface area (Å²) in [6.45, 7) is 10.6. The van der Waals surface area contributed by atoms with E-state index in [0.29, 0.717) is 18.7 Å². The highest BCUT2D eigenvalue weighted by Gasteiger charge is 2.13. The molecule has 0 N–H and O–H groups in total. The van der Waals surface area contributed by atoms with Crippen LogP contribution in [0.5, 0.6) is 0 Å². The zero-order valence-corrected chi connectivity index (χ0v) is 16.3. The molecule has 0 unspecified atom stereocenters. The van der Waals surface area contributed by atoms with Crippen molar-refractivity contribution in [2.75, 3.05) is 13.2 Å². The summed E-state index contributed by atoms with van der Waals surface area (Å²) >= 11 is 0. The molecule has 4 nitrogen and oxygen atoms in total. The molecule has 0 heterocycles. The molecule has 0 aromatic heterocycles. The molecule has 0 aliphatic rings. The van der Waals surface area contributed by atoms with E-state index in [1.54, 1.807) is 4.90 Å². The van der Waals surface area contributed by atoms with Gasteiger partial charge >= 0.3 is 5.97 Å². The highest BCUT2D eigenvalue weighted by atomic mass is 16.5. The molecule has 0 atom stereocenters. The number of ether oxygens (including phenoxy) is 1. The molecule has 0 radical (unpaired) electrons. The van der Waals surface area contributed by atoms with Crippen LogP contribution < -0.4 is 0 Å². The smallest absolute Gasteiger partial charge is 0.338 e. The first-order chi connectivity index (χ1) is 12.2. The van der Waals surface area contributed by atoms with E-state index < -0.39 is 0 Å². The molecule has 4 heteroatoms. The highest BCUT2D eigenvalue weighted by Crippen LogP contribution is 2.13. The Hall–Kier alpha value is -2.62. The lowest BCUT2D eigenvalue weighted by molar-refractivity contribution is -0.130. The lowest BCUT2D eigenvalue weighted by Gasteiger charge is -2.21. The Morgan fingerprint density at radius 3 is 1.85 bits per heavy atom. The molecule has 2 aromatic rings. The normalized spacial score (nSPS) is 10.5. The first-order valence-corrected chi connectivity index (χ1v) is 8.82. The lowest BCUT2D eigenvalue weighted by Crippen LogP contribution is -2.32. The Morgan fingerprint density at radius 1 is 0.846 bits per heavy atom. The van der Waals surface area contributed by atoms with Gasteiger partial charge in [0.1, 0.15) is 6.61 Å². The second-order valence-corrected chi connectivity index (χ2v) is 6.95. The number of rotatable bonds is 6. The van der Waals surface area contributed by atoms with Gasteiger partial charge in [0.2, 0.25) is 5.91 Å². The van der Waals surface area contributed by atoms with Crippen LogP contribution in [0, 0.1) is 27.7 Å². The Bertz CT molecular complexity index is 771. The standard InChI is InChI=1S/C22H27NO3/c1-15-8-16(2)11-20(10-15)14-23(19(5)24)6-7-26-22(25)21-12-17(3)9-18(4)13-21/h8-13H,6-7,14H2,1-5H3. The van der Waals surface area contributed by atoms with Crippen molar-refractivity contribution < 1.29 is 14.3 Å². The minimum atomic E-state index is -0.355. The summed E-state index contributed by atoms with van der Waals surface area (Å²) in [7, 11) is 0. The number of aryl methyl sites for hydroxylation is 4. The fraction of sp³-hybridized carbons (Fsp3) is 0.364. The molecule has 26 heavy (non-hydrogen) atoms. The van der Waals surface area contributed by atoms with E-state index in [9.17, 15) is 9.59 Å². The summed E-state index contributed by atoms with van der Waals surface area (Å²) in [5.74, 6) is -0.390. The Kier molecular flexibility index (Phi) is 6.56. The molecule has 0 saturated carbocycles. The van der Waals surface area contributed by atoms with E-state index in [0.717, 1.165) is 16.7 Å². The maximum Gasteiger partial charge on any atom is 0.338 e. The van der Waals surface area contributed by atoms with Crippen LogP contribution in [0.2, 0.25) is 0 Å². The van der Waals surface area contributed by atoms with E-state index in [1.807, 2.05) is 45.9 Å². The van der Waals surface area contributed by atoms with Gasteiger partial charge in [0.05, 0.1) is 12.1 Å². The van der Waals surface area contributed by atoms with Gasteiger partial charge in [-0.05, 0) is 45.4 Å². The second-order valence-electron chi connectivity index (χ2n) is 6.95. The van der Waals surface area contributed by atoms with E-state index in [-0.39, 0.29) is 18.5 Å². The van der Waals surface area contributed by atoms with Crippen LogP contribution in [0.15, 0.2) is 36.4 Å². The average molecular weight is 353 g/mol. The lowest BCUT2D eigenvalue weighted by atomic mass is 10.1. The third kappa shape index (κ3) is 5.73. The predicted molar refractivity (Wildman–Crippen MR) is 103 cm³/mol. The van der Waals surface area contributed by atoms with Crippen molar-refractivity contribution in [1.29, 1.82) is 0 Å². The largest absolute Gasteiger partial charge is 0.460 e. The number of carbonyl (C=O) groups is 2. The summed E-state index contributed by atoms with van der Waals surface area (Å²) in [5, 5.41) is 0. The van der Waals surface area contributed by atoms with Crippen LogP contribution >= 0.6 is 0 Å². The molecule has 0 aliphatic carbocycles. The Morgan fingerprint density at radius 2 is 1.35 bits per heavy atom. The molecular weight excluding hydrogens is 326 g/mol.